The molecule has 1 atom stereocenters. The van der Waals surface area contributed by atoms with E-state index in [1.54, 1.807) is 0 Å². The lowest BCUT2D eigenvalue weighted by molar-refractivity contribution is -0.140. The van der Waals surface area contributed by atoms with Gasteiger partial charge in [0.1, 0.15) is 0 Å². The second-order valence-electron chi connectivity index (χ2n) is 2.93. The molecular weight excluding hydrogens is 192 g/mol. The molecular formula is C8H14O4S. The molecule has 0 bridgehead atoms. The zero-order chi connectivity index (χ0) is 10.5. The highest BCUT2D eigenvalue weighted by Crippen LogP contribution is 2.03. The van der Waals surface area contributed by atoms with Gasteiger partial charge in [-0.3, -0.25) is 4.79 Å². The third kappa shape index (κ3) is 5.41. The number of rotatable bonds is 6. The Bertz CT molecular complexity index is 279. The number of hydrogen-bond acceptors (Lipinski definition) is 3. The second-order valence-corrected chi connectivity index (χ2v) is 5.16. The Morgan fingerprint density at radius 1 is 1.62 bits per heavy atom. The van der Waals surface area contributed by atoms with Gasteiger partial charge >= 0.3 is 5.97 Å². The molecule has 0 aliphatic heterocycles. The van der Waals surface area contributed by atoms with Crippen LogP contribution in [-0.4, -0.2) is 31.0 Å². The Morgan fingerprint density at radius 3 is 2.54 bits per heavy atom. The highest BCUT2D eigenvalue weighted by Gasteiger charge is 2.19. The van der Waals surface area contributed by atoms with Crippen molar-refractivity contribution in [3.8, 4) is 0 Å². The van der Waals surface area contributed by atoms with Gasteiger partial charge in [-0.25, -0.2) is 8.42 Å². The minimum Gasteiger partial charge on any atom is -0.481 e. The number of carboxylic acid groups (broad SMARTS) is 1. The van der Waals surface area contributed by atoms with E-state index < -0.39 is 21.7 Å². The first-order chi connectivity index (χ1) is 5.89. The van der Waals surface area contributed by atoms with Crippen LogP contribution in [0.25, 0.3) is 0 Å². The molecule has 13 heavy (non-hydrogen) atoms. The predicted molar refractivity (Wildman–Crippen MR) is 50.3 cm³/mol. The second kappa shape index (κ2) is 5.01. The van der Waals surface area contributed by atoms with Gasteiger partial charge in [-0.15, -0.1) is 6.58 Å². The van der Waals surface area contributed by atoms with Gasteiger partial charge in [0, 0.05) is 0 Å². The topological polar surface area (TPSA) is 71.4 Å². The summed E-state index contributed by atoms with van der Waals surface area (Å²) in [6.45, 7) is 4.78. The van der Waals surface area contributed by atoms with Crippen molar-refractivity contribution in [3.05, 3.63) is 12.7 Å². The number of allylic oxidation sites excluding steroid dienone is 1. The molecule has 0 aromatic heterocycles. The maximum absolute atomic E-state index is 11.2. The van der Waals surface area contributed by atoms with Gasteiger partial charge in [0.05, 0.1) is 17.4 Å². The summed E-state index contributed by atoms with van der Waals surface area (Å²) in [4.78, 5) is 10.4. The minimum atomic E-state index is -3.24. The third-order valence-corrected chi connectivity index (χ3v) is 3.42. The third-order valence-electron chi connectivity index (χ3n) is 1.56. The molecule has 0 spiro atoms. The molecule has 5 heteroatoms. The number of carboxylic acids is 1. The normalized spacial score (nSPS) is 13.6. The molecule has 0 rings (SSSR count). The van der Waals surface area contributed by atoms with E-state index in [1.807, 2.05) is 0 Å². The van der Waals surface area contributed by atoms with Gasteiger partial charge in [0.2, 0.25) is 0 Å². The summed E-state index contributed by atoms with van der Waals surface area (Å²) in [5.41, 5.74) is 0. The molecule has 0 fully saturated rings. The van der Waals surface area contributed by atoms with Crippen LogP contribution < -0.4 is 0 Å². The van der Waals surface area contributed by atoms with Crippen molar-refractivity contribution in [3.63, 3.8) is 0 Å². The van der Waals surface area contributed by atoms with Crippen LogP contribution in [0, 0.1) is 5.92 Å². The lowest BCUT2D eigenvalue weighted by Gasteiger charge is -2.05. The lowest BCUT2D eigenvalue weighted by Crippen LogP contribution is -2.22. The van der Waals surface area contributed by atoms with Gasteiger partial charge < -0.3 is 5.11 Å². The molecule has 0 aromatic carbocycles. The molecule has 0 aliphatic carbocycles. The highest BCUT2D eigenvalue weighted by molar-refractivity contribution is 7.91. The summed E-state index contributed by atoms with van der Waals surface area (Å²) < 4.78 is 22.4. The van der Waals surface area contributed by atoms with Crippen LogP contribution >= 0.6 is 0 Å². The van der Waals surface area contributed by atoms with Crippen LogP contribution in [0.5, 0.6) is 0 Å². The van der Waals surface area contributed by atoms with E-state index in [1.165, 1.54) is 13.0 Å². The molecule has 0 amide bonds. The van der Waals surface area contributed by atoms with Crippen molar-refractivity contribution in [1.29, 1.82) is 0 Å². The number of aliphatic carboxylic acids is 1. The fourth-order valence-corrected chi connectivity index (χ4v) is 2.40. The predicted octanol–water partition coefficient (Wildman–Crippen LogP) is 0.698. The SMILES string of the molecule is C=CCCS(=O)(=O)CC(C)C(=O)O. The van der Waals surface area contributed by atoms with Crippen LogP contribution in [0.4, 0.5) is 0 Å². The zero-order valence-electron chi connectivity index (χ0n) is 7.56. The molecule has 0 saturated carbocycles. The maximum atomic E-state index is 11.2. The van der Waals surface area contributed by atoms with E-state index in [-0.39, 0.29) is 11.5 Å². The van der Waals surface area contributed by atoms with Gasteiger partial charge in [-0.05, 0) is 6.42 Å². The molecule has 1 N–H and O–H groups in total. The standard InChI is InChI=1S/C8H14O4S/c1-3-4-5-13(11,12)6-7(2)8(9)10/h3,7H,1,4-6H2,2H3,(H,9,10). The summed E-state index contributed by atoms with van der Waals surface area (Å²) in [5.74, 6) is -2.23. The first-order valence-corrected chi connectivity index (χ1v) is 5.75. The van der Waals surface area contributed by atoms with E-state index in [0.717, 1.165) is 0 Å². The summed E-state index contributed by atoms with van der Waals surface area (Å²) >= 11 is 0. The molecule has 4 nitrogen and oxygen atoms in total. The quantitative estimate of drug-likeness (QED) is 0.649. The van der Waals surface area contributed by atoms with Gasteiger partial charge in [-0.2, -0.15) is 0 Å². The van der Waals surface area contributed by atoms with Crippen molar-refractivity contribution < 1.29 is 18.3 Å². The first-order valence-electron chi connectivity index (χ1n) is 3.93. The Labute approximate surface area is 78.2 Å². The van der Waals surface area contributed by atoms with Crippen LogP contribution in [-0.2, 0) is 14.6 Å². The molecule has 0 saturated heterocycles. The summed E-state index contributed by atoms with van der Waals surface area (Å²) in [6.07, 6.45) is 1.87. The van der Waals surface area contributed by atoms with Gasteiger partial charge in [-0.1, -0.05) is 13.0 Å². The highest BCUT2D eigenvalue weighted by atomic mass is 32.2. The average molecular weight is 206 g/mol. The van der Waals surface area contributed by atoms with Gasteiger partial charge in [0.25, 0.3) is 0 Å². The minimum absolute atomic E-state index is 0.0197. The van der Waals surface area contributed by atoms with Crippen molar-refractivity contribution in [2.24, 2.45) is 5.92 Å². The van der Waals surface area contributed by atoms with Crippen molar-refractivity contribution >= 4 is 15.8 Å². The largest absolute Gasteiger partial charge is 0.481 e. The fourth-order valence-electron chi connectivity index (χ4n) is 0.798. The Kier molecular flexibility index (Phi) is 4.69. The number of sulfone groups is 1. The Morgan fingerprint density at radius 2 is 2.15 bits per heavy atom. The van der Waals surface area contributed by atoms with Crippen molar-refractivity contribution in [2.75, 3.05) is 11.5 Å². The van der Waals surface area contributed by atoms with E-state index in [4.69, 9.17) is 5.11 Å². The molecule has 0 aliphatic rings. The van der Waals surface area contributed by atoms with Gasteiger partial charge in [0.15, 0.2) is 9.84 Å². The molecule has 0 heterocycles. The van der Waals surface area contributed by atoms with E-state index >= 15 is 0 Å². The summed E-state index contributed by atoms with van der Waals surface area (Å²) in [6, 6.07) is 0. The average Bonchev–Trinajstić information content (AvgIpc) is 2.00. The molecule has 76 valence electrons. The zero-order valence-corrected chi connectivity index (χ0v) is 8.38. The molecule has 0 aromatic rings. The smallest absolute Gasteiger partial charge is 0.307 e. The molecule has 0 radical (unpaired) electrons. The van der Waals surface area contributed by atoms with E-state index in [9.17, 15) is 13.2 Å². The monoisotopic (exact) mass is 206 g/mol. The van der Waals surface area contributed by atoms with Crippen LogP contribution in [0.1, 0.15) is 13.3 Å². The summed E-state index contributed by atoms with van der Waals surface area (Å²) in [7, 11) is -3.24. The van der Waals surface area contributed by atoms with Crippen LogP contribution in [0.15, 0.2) is 12.7 Å². The van der Waals surface area contributed by atoms with E-state index in [0.29, 0.717) is 6.42 Å². The fraction of sp³-hybridized carbons (Fsp3) is 0.625. The molecule has 1 unspecified atom stereocenters. The first kappa shape index (κ1) is 12.2. The number of hydrogen-bond donors (Lipinski definition) is 1. The Balaban J connectivity index is 4.17. The Hall–Kier alpha value is -0.840. The van der Waals surface area contributed by atoms with E-state index in [2.05, 4.69) is 6.58 Å². The van der Waals surface area contributed by atoms with Crippen LogP contribution in [0.3, 0.4) is 0 Å². The lowest BCUT2D eigenvalue weighted by atomic mass is 10.2. The van der Waals surface area contributed by atoms with Crippen molar-refractivity contribution in [1.82, 2.24) is 0 Å². The summed E-state index contributed by atoms with van der Waals surface area (Å²) in [5, 5.41) is 8.49. The van der Waals surface area contributed by atoms with Crippen molar-refractivity contribution in [2.45, 2.75) is 13.3 Å². The maximum Gasteiger partial charge on any atom is 0.307 e. The van der Waals surface area contributed by atoms with Crippen LogP contribution in [0.2, 0.25) is 0 Å². The number of carbonyl (C=O) groups is 1.